The summed E-state index contributed by atoms with van der Waals surface area (Å²) in [6, 6.07) is 15.8. The van der Waals surface area contributed by atoms with E-state index in [9.17, 15) is 9.90 Å². The molecule has 1 N–H and O–H groups in total. The van der Waals surface area contributed by atoms with Gasteiger partial charge >= 0.3 is 5.97 Å². The Labute approximate surface area is 184 Å². The summed E-state index contributed by atoms with van der Waals surface area (Å²) in [7, 11) is 1.91. The fourth-order valence-corrected chi connectivity index (χ4v) is 4.59. The zero-order valence-electron chi connectivity index (χ0n) is 17.6. The lowest BCUT2D eigenvalue weighted by Crippen LogP contribution is -2.04. The van der Waals surface area contributed by atoms with Crippen molar-refractivity contribution in [2.45, 2.75) is 25.2 Å². The van der Waals surface area contributed by atoms with E-state index in [-0.39, 0.29) is 0 Å². The lowest BCUT2D eigenvalue weighted by molar-refractivity contribution is 0.0695. The van der Waals surface area contributed by atoms with Crippen molar-refractivity contribution >= 4 is 28.5 Å². The summed E-state index contributed by atoms with van der Waals surface area (Å²) in [5.41, 5.74) is 5.92. The Bertz CT molecular complexity index is 1430. The Morgan fingerprint density at radius 1 is 1.12 bits per heavy atom. The number of benzene rings is 2. The maximum atomic E-state index is 11.6. The topological polar surface area (TPSA) is 77.2 Å². The van der Waals surface area contributed by atoms with Crippen molar-refractivity contribution in [3.63, 3.8) is 0 Å². The standard InChI is InChI=1S/C26H21N3O3/c1-29-25(17-12-22-20(26(30)31)9-10-27-23(22)13-17)21-8-7-19(14-24(21)28-29)32-18-4-2-3-16(11-18)15-5-6-15/h2-4,7-11,13-15H,5-6,12H2,1H3,(H,30,31). The molecule has 2 heterocycles. The van der Waals surface area contributed by atoms with E-state index in [1.165, 1.54) is 18.4 Å². The van der Waals surface area contributed by atoms with Gasteiger partial charge in [-0.05, 0) is 71.9 Å². The highest BCUT2D eigenvalue weighted by Gasteiger charge is 2.25. The second kappa shape index (κ2) is 7.05. The summed E-state index contributed by atoms with van der Waals surface area (Å²) in [5, 5.41) is 15.2. The Balaban J connectivity index is 1.33. The lowest BCUT2D eigenvalue weighted by Gasteiger charge is -2.08. The summed E-state index contributed by atoms with van der Waals surface area (Å²) in [4.78, 5) is 16.0. The number of aromatic carboxylic acids is 1. The van der Waals surface area contributed by atoms with Crippen LogP contribution in [0.15, 0.2) is 54.7 Å². The van der Waals surface area contributed by atoms with Crippen LogP contribution in [0.5, 0.6) is 11.5 Å². The van der Waals surface area contributed by atoms with Crippen molar-refractivity contribution in [3.8, 4) is 11.5 Å². The highest BCUT2D eigenvalue weighted by Crippen LogP contribution is 2.41. The number of allylic oxidation sites excluding steroid dienone is 1. The Morgan fingerprint density at radius 3 is 2.78 bits per heavy atom. The van der Waals surface area contributed by atoms with Gasteiger partial charge in [0.1, 0.15) is 11.5 Å². The molecule has 2 aromatic heterocycles. The molecule has 6 rings (SSSR count). The summed E-state index contributed by atoms with van der Waals surface area (Å²) >= 11 is 0. The largest absolute Gasteiger partial charge is 0.478 e. The van der Waals surface area contributed by atoms with Crippen molar-refractivity contribution in [2.75, 3.05) is 0 Å². The molecule has 2 aromatic carbocycles. The molecule has 32 heavy (non-hydrogen) atoms. The number of aryl methyl sites for hydroxylation is 1. The lowest BCUT2D eigenvalue weighted by atomic mass is 10.0. The van der Waals surface area contributed by atoms with E-state index in [1.807, 2.05) is 48.1 Å². The second-order valence-electron chi connectivity index (χ2n) is 8.47. The summed E-state index contributed by atoms with van der Waals surface area (Å²) in [6.07, 6.45) is 6.55. The number of carbonyl (C=O) groups is 1. The Morgan fingerprint density at radius 2 is 1.97 bits per heavy atom. The van der Waals surface area contributed by atoms with Gasteiger partial charge in [0.2, 0.25) is 0 Å². The molecule has 2 aliphatic carbocycles. The molecule has 0 spiro atoms. The van der Waals surface area contributed by atoms with Crippen molar-refractivity contribution in [2.24, 2.45) is 7.05 Å². The van der Waals surface area contributed by atoms with Gasteiger partial charge in [-0.25, -0.2) is 4.79 Å². The van der Waals surface area contributed by atoms with E-state index >= 15 is 0 Å². The van der Waals surface area contributed by atoms with E-state index in [4.69, 9.17) is 9.84 Å². The third-order valence-corrected chi connectivity index (χ3v) is 6.25. The van der Waals surface area contributed by atoms with Crippen molar-refractivity contribution < 1.29 is 14.6 Å². The highest BCUT2D eigenvalue weighted by atomic mass is 16.5. The molecule has 0 aliphatic heterocycles. The van der Waals surface area contributed by atoms with Gasteiger partial charge in [-0.1, -0.05) is 12.1 Å². The molecule has 0 atom stereocenters. The van der Waals surface area contributed by atoms with Crippen LogP contribution in [0.3, 0.4) is 0 Å². The van der Waals surface area contributed by atoms with Gasteiger partial charge in [0.25, 0.3) is 0 Å². The highest BCUT2D eigenvalue weighted by molar-refractivity contribution is 6.00. The first kappa shape index (κ1) is 18.8. The molecule has 0 amide bonds. The van der Waals surface area contributed by atoms with Crippen molar-refractivity contribution in [3.05, 3.63) is 82.8 Å². The van der Waals surface area contributed by atoms with Gasteiger partial charge in [0.05, 0.1) is 22.5 Å². The van der Waals surface area contributed by atoms with Crippen LogP contribution >= 0.6 is 0 Å². The van der Waals surface area contributed by atoms with Gasteiger partial charge in [-0.15, -0.1) is 0 Å². The van der Waals surface area contributed by atoms with Crippen LogP contribution in [-0.2, 0) is 13.5 Å². The molecule has 6 nitrogen and oxygen atoms in total. The van der Waals surface area contributed by atoms with Gasteiger partial charge in [-0.2, -0.15) is 5.10 Å². The predicted molar refractivity (Wildman–Crippen MR) is 122 cm³/mol. The average molecular weight is 423 g/mol. The number of aromatic nitrogens is 3. The third kappa shape index (κ3) is 3.15. The smallest absolute Gasteiger partial charge is 0.336 e. The van der Waals surface area contributed by atoms with Crippen LogP contribution in [0.4, 0.5) is 0 Å². The van der Waals surface area contributed by atoms with E-state index in [2.05, 4.69) is 17.1 Å². The van der Waals surface area contributed by atoms with Gasteiger partial charge in [0.15, 0.2) is 0 Å². The Hall–Kier alpha value is -3.93. The third-order valence-electron chi connectivity index (χ3n) is 6.25. The molecular formula is C26H21N3O3. The van der Waals surface area contributed by atoms with Crippen LogP contribution in [0, 0.1) is 0 Å². The van der Waals surface area contributed by atoms with Crippen LogP contribution < -0.4 is 4.74 Å². The molecule has 0 unspecified atom stereocenters. The SMILES string of the molecule is Cn1nc2cc(Oc3cccc(C4CC4)c3)ccc2c1C1=Cc2nccc(C(=O)O)c2C1. The minimum absolute atomic E-state index is 0.303. The van der Waals surface area contributed by atoms with Crippen molar-refractivity contribution in [1.82, 2.24) is 14.8 Å². The van der Waals surface area contributed by atoms with Gasteiger partial charge in [-0.3, -0.25) is 9.67 Å². The first-order valence-corrected chi connectivity index (χ1v) is 10.7. The molecule has 0 saturated heterocycles. The predicted octanol–water partition coefficient (Wildman–Crippen LogP) is 5.43. The van der Waals surface area contributed by atoms with Crippen LogP contribution in [0.1, 0.15) is 51.6 Å². The van der Waals surface area contributed by atoms with E-state index in [0.717, 1.165) is 39.2 Å². The monoisotopic (exact) mass is 423 g/mol. The first-order chi connectivity index (χ1) is 15.6. The van der Waals surface area contributed by atoms with E-state index < -0.39 is 5.97 Å². The average Bonchev–Trinajstić information content (AvgIpc) is 3.46. The number of hydrogen-bond acceptors (Lipinski definition) is 4. The normalized spacial score (nSPS) is 15.0. The molecule has 2 aliphatic rings. The number of carboxylic acids is 1. The van der Waals surface area contributed by atoms with E-state index in [0.29, 0.717) is 23.6 Å². The number of rotatable bonds is 5. The molecule has 0 bridgehead atoms. The first-order valence-electron chi connectivity index (χ1n) is 10.7. The molecule has 1 fully saturated rings. The molecule has 158 valence electrons. The minimum Gasteiger partial charge on any atom is -0.478 e. The second-order valence-corrected chi connectivity index (χ2v) is 8.47. The van der Waals surface area contributed by atoms with Crippen LogP contribution in [-0.4, -0.2) is 25.8 Å². The number of pyridine rings is 1. The van der Waals surface area contributed by atoms with Crippen LogP contribution in [0.2, 0.25) is 0 Å². The molecule has 4 aromatic rings. The van der Waals surface area contributed by atoms with Crippen LogP contribution in [0.25, 0.3) is 22.6 Å². The summed E-state index contributed by atoms with van der Waals surface area (Å²) in [6.45, 7) is 0. The molecule has 6 heteroatoms. The summed E-state index contributed by atoms with van der Waals surface area (Å²) < 4.78 is 7.98. The number of fused-ring (bicyclic) bond motifs is 2. The van der Waals surface area contributed by atoms with Crippen molar-refractivity contribution in [1.29, 1.82) is 0 Å². The number of carboxylic acid groups (broad SMARTS) is 1. The quantitative estimate of drug-likeness (QED) is 0.463. The maximum absolute atomic E-state index is 11.6. The maximum Gasteiger partial charge on any atom is 0.336 e. The summed E-state index contributed by atoms with van der Waals surface area (Å²) in [5.74, 6) is 1.33. The molecule has 1 saturated carbocycles. The fourth-order valence-electron chi connectivity index (χ4n) is 4.59. The zero-order chi connectivity index (χ0) is 21.8. The van der Waals surface area contributed by atoms with Gasteiger partial charge in [0, 0.05) is 31.1 Å². The minimum atomic E-state index is -0.930. The molecular weight excluding hydrogens is 402 g/mol. The zero-order valence-corrected chi connectivity index (χ0v) is 17.6. The van der Waals surface area contributed by atoms with Gasteiger partial charge < -0.3 is 9.84 Å². The number of nitrogens with zero attached hydrogens (tertiary/aromatic N) is 3. The molecule has 0 radical (unpaired) electrons. The Kier molecular flexibility index (Phi) is 4.15. The number of ether oxygens (including phenoxy) is 1. The van der Waals surface area contributed by atoms with E-state index in [1.54, 1.807) is 12.3 Å². The fraction of sp³-hybridized carbons (Fsp3) is 0.192. The number of hydrogen-bond donors (Lipinski definition) is 1.